The summed E-state index contributed by atoms with van der Waals surface area (Å²) in [7, 11) is 1.69. The van der Waals surface area contributed by atoms with Gasteiger partial charge >= 0.3 is 0 Å². The lowest BCUT2D eigenvalue weighted by Gasteiger charge is -2.06. The monoisotopic (exact) mass is 252 g/mol. The number of methoxy groups -OCH3 is 1. The molecule has 0 heterocycles. The number of hydrogen-bond donors (Lipinski definition) is 0. The molecule has 0 aliphatic carbocycles. The highest BCUT2D eigenvalue weighted by Gasteiger charge is 1.99. The molecule has 0 atom stereocenters. The topological polar surface area (TPSA) is 9.23 Å². The Labute approximate surface area is 115 Å². The van der Waals surface area contributed by atoms with Crippen LogP contribution in [0.4, 0.5) is 0 Å². The lowest BCUT2D eigenvalue weighted by molar-refractivity contribution is 0.415. The molecule has 0 aromatic heterocycles. The van der Waals surface area contributed by atoms with Crippen LogP contribution in [0.25, 0.3) is 11.1 Å². The molecule has 2 rings (SSSR count). The van der Waals surface area contributed by atoms with Gasteiger partial charge in [-0.1, -0.05) is 42.0 Å². The van der Waals surface area contributed by atoms with Crippen molar-refractivity contribution in [3.8, 4) is 16.9 Å². The highest BCUT2D eigenvalue weighted by molar-refractivity contribution is 5.64. The van der Waals surface area contributed by atoms with Crippen molar-refractivity contribution in [1.82, 2.24) is 0 Å². The van der Waals surface area contributed by atoms with Crippen molar-refractivity contribution in [2.75, 3.05) is 7.11 Å². The van der Waals surface area contributed by atoms with E-state index in [9.17, 15) is 0 Å². The summed E-state index contributed by atoms with van der Waals surface area (Å²) in [5, 5.41) is 0. The van der Waals surface area contributed by atoms with Crippen molar-refractivity contribution < 1.29 is 4.74 Å². The molecule has 1 nitrogen and oxygen atoms in total. The van der Waals surface area contributed by atoms with E-state index in [1.165, 1.54) is 22.3 Å². The molecule has 0 saturated carbocycles. The Bertz CT molecular complexity index is 535. The van der Waals surface area contributed by atoms with Gasteiger partial charge in [-0.3, -0.25) is 0 Å². The van der Waals surface area contributed by atoms with Crippen LogP contribution in [0.15, 0.2) is 60.7 Å². The number of ether oxygens (including phenoxy) is 1. The minimum atomic E-state index is 0.891. The van der Waals surface area contributed by atoms with Gasteiger partial charge in [0.15, 0.2) is 0 Å². The molecule has 0 N–H and O–H groups in total. The van der Waals surface area contributed by atoms with Gasteiger partial charge in [-0.05, 0) is 48.6 Å². The van der Waals surface area contributed by atoms with Crippen LogP contribution in [-0.4, -0.2) is 7.11 Å². The lowest BCUT2D eigenvalue weighted by atomic mass is 10.0. The Hall–Kier alpha value is -2.02. The number of hydrogen-bond acceptors (Lipinski definition) is 1. The molecule has 0 aliphatic heterocycles. The van der Waals surface area contributed by atoms with Gasteiger partial charge in [0, 0.05) is 0 Å². The first kappa shape index (κ1) is 13.4. The maximum Gasteiger partial charge on any atom is 0.118 e. The van der Waals surface area contributed by atoms with Crippen molar-refractivity contribution in [3.63, 3.8) is 0 Å². The molecule has 0 saturated heterocycles. The van der Waals surface area contributed by atoms with Crippen LogP contribution in [0.5, 0.6) is 5.75 Å². The first-order valence-corrected chi connectivity index (χ1v) is 6.57. The van der Waals surface area contributed by atoms with E-state index in [0.29, 0.717) is 0 Å². The predicted molar refractivity (Wildman–Crippen MR) is 81.6 cm³/mol. The zero-order valence-corrected chi connectivity index (χ0v) is 11.6. The van der Waals surface area contributed by atoms with E-state index >= 15 is 0 Å². The third-order valence-electron chi connectivity index (χ3n) is 3.22. The Morgan fingerprint density at radius 2 is 1.47 bits per heavy atom. The maximum absolute atomic E-state index is 5.17. The molecule has 98 valence electrons. The van der Waals surface area contributed by atoms with E-state index in [2.05, 4.69) is 49.9 Å². The second-order valence-electron chi connectivity index (χ2n) is 4.88. The van der Waals surface area contributed by atoms with E-state index in [1.54, 1.807) is 7.11 Å². The fourth-order valence-corrected chi connectivity index (χ4v) is 2.01. The molecule has 0 aliphatic rings. The van der Waals surface area contributed by atoms with Crippen LogP contribution in [0.2, 0.25) is 0 Å². The number of rotatable bonds is 5. The van der Waals surface area contributed by atoms with Crippen molar-refractivity contribution in [3.05, 3.63) is 66.2 Å². The fraction of sp³-hybridized carbons (Fsp3) is 0.222. The molecule has 1 heteroatoms. The van der Waals surface area contributed by atoms with Crippen LogP contribution in [0, 0.1) is 0 Å². The molecule has 0 fully saturated rings. The summed E-state index contributed by atoms with van der Waals surface area (Å²) in [6, 6.07) is 16.9. The standard InChI is InChI=1S/C18H20O/c1-14(2)4-5-15-6-8-16(9-7-15)17-10-12-18(19-3)13-11-17/h6-13H,1,4-5H2,2-3H3. The molecule has 2 aromatic carbocycles. The van der Waals surface area contributed by atoms with Crippen LogP contribution in [0.3, 0.4) is 0 Å². The Morgan fingerprint density at radius 3 is 1.95 bits per heavy atom. The average molecular weight is 252 g/mol. The van der Waals surface area contributed by atoms with Gasteiger partial charge in [-0.25, -0.2) is 0 Å². The van der Waals surface area contributed by atoms with E-state index in [4.69, 9.17) is 4.74 Å². The van der Waals surface area contributed by atoms with Crippen molar-refractivity contribution in [2.45, 2.75) is 19.8 Å². The Kier molecular flexibility index (Phi) is 4.40. The van der Waals surface area contributed by atoms with Gasteiger partial charge in [0.05, 0.1) is 7.11 Å². The number of aryl methyl sites for hydroxylation is 1. The quantitative estimate of drug-likeness (QED) is 0.690. The van der Waals surface area contributed by atoms with Gasteiger partial charge in [0.1, 0.15) is 5.75 Å². The first-order valence-electron chi connectivity index (χ1n) is 6.57. The highest BCUT2D eigenvalue weighted by atomic mass is 16.5. The average Bonchev–Trinajstić information content (AvgIpc) is 2.46. The second kappa shape index (κ2) is 6.24. The summed E-state index contributed by atoms with van der Waals surface area (Å²) in [5.41, 5.74) is 5.05. The molecular weight excluding hydrogens is 232 g/mol. The van der Waals surface area contributed by atoms with Crippen molar-refractivity contribution in [1.29, 1.82) is 0 Å². The smallest absolute Gasteiger partial charge is 0.118 e. The largest absolute Gasteiger partial charge is 0.497 e. The third-order valence-corrected chi connectivity index (χ3v) is 3.22. The lowest BCUT2D eigenvalue weighted by Crippen LogP contribution is -1.87. The van der Waals surface area contributed by atoms with Crippen molar-refractivity contribution in [2.24, 2.45) is 0 Å². The second-order valence-corrected chi connectivity index (χ2v) is 4.88. The van der Waals surface area contributed by atoms with Crippen LogP contribution < -0.4 is 4.74 Å². The summed E-state index contributed by atoms with van der Waals surface area (Å²) in [5.74, 6) is 0.891. The summed E-state index contributed by atoms with van der Waals surface area (Å²) < 4.78 is 5.17. The van der Waals surface area contributed by atoms with Gasteiger partial charge in [0.2, 0.25) is 0 Å². The highest BCUT2D eigenvalue weighted by Crippen LogP contribution is 2.23. The van der Waals surface area contributed by atoms with E-state index < -0.39 is 0 Å². The van der Waals surface area contributed by atoms with E-state index in [-0.39, 0.29) is 0 Å². The van der Waals surface area contributed by atoms with Crippen LogP contribution in [0.1, 0.15) is 18.9 Å². The Morgan fingerprint density at radius 1 is 0.947 bits per heavy atom. The van der Waals surface area contributed by atoms with Crippen LogP contribution >= 0.6 is 0 Å². The maximum atomic E-state index is 5.17. The SMILES string of the molecule is C=C(C)CCc1ccc(-c2ccc(OC)cc2)cc1. The van der Waals surface area contributed by atoms with Gasteiger partial charge in [-0.2, -0.15) is 0 Å². The number of benzene rings is 2. The molecule has 0 radical (unpaired) electrons. The number of allylic oxidation sites excluding steroid dienone is 1. The minimum absolute atomic E-state index is 0.891. The molecule has 0 unspecified atom stereocenters. The Balaban J connectivity index is 2.10. The predicted octanol–water partition coefficient (Wildman–Crippen LogP) is 4.87. The van der Waals surface area contributed by atoms with E-state index in [0.717, 1.165) is 18.6 Å². The summed E-state index contributed by atoms with van der Waals surface area (Å²) in [6.07, 6.45) is 2.13. The molecule has 0 amide bonds. The third kappa shape index (κ3) is 3.72. The van der Waals surface area contributed by atoms with E-state index in [1.807, 2.05) is 12.1 Å². The zero-order chi connectivity index (χ0) is 13.7. The summed E-state index contributed by atoms with van der Waals surface area (Å²) in [6.45, 7) is 6.01. The van der Waals surface area contributed by atoms with Gasteiger partial charge < -0.3 is 4.74 Å². The van der Waals surface area contributed by atoms with Crippen molar-refractivity contribution >= 4 is 0 Å². The molecule has 0 spiro atoms. The first-order chi connectivity index (χ1) is 9.19. The minimum Gasteiger partial charge on any atom is -0.497 e. The summed E-state index contributed by atoms with van der Waals surface area (Å²) >= 11 is 0. The summed E-state index contributed by atoms with van der Waals surface area (Å²) in [4.78, 5) is 0. The molecule has 19 heavy (non-hydrogen) atoms. The fourth-order valence-electron chi connectivity index (χ4n) is 2.01. The van der Waals surface area contributed by atoms with Gasteiger partial charge in [-0.15, -0.1) is 6.58 Å². The zero-order valence-electron chi connectivity index (χ0n) is 11.6. The van der Waals surface area contributed by atoms with Crippen LogP contribution in [-0.2, 0) is 6.42 Å². The van der Waals surface area contributed by atoms with Gasteiger partial charge in [0.25, 0.3) is 0 Å². The molecule has 2 aromatic rings. The molecule has 0 bridgehead atoms. The normalized spacial score (nSPS) is 10.2. The molecular formula is C18H20O.